The summed E-state index contributed by atoms with van der Waals surface area (Å²) in [4.78, 5) is 0. The summed E-state index contributed by atoms with van der Waals surface area (Å²) in [7, 11) is -1.30. The van der Waals surface area contributed by atoms with E-state index in [9.17, 15) is 0 Å². The molecule has 1 aliphatic carbocycles. The zero-order valence-corrected chi connectivity index (χ0v) is 14.3. The molecular weight excluding hydrogens is 260 g/mol. The van der Waals surface area contributed by atoms with Crippen LogP contribution in [0.1, 0.15) is 48.8 Å². The maximum Gasteiger partial charge on any atom is 0.0784 e. The summed E-state index contributed by atoms with van der Waals surface area (Å²) in [5, 5.41) is 1.72. The highest BCUT2D eigenvalue weighted by atomic mass is 28.3. The number of ether oxygens (including phenoxy) is 1. The molecule has 20 heavy (non-hydrogen) atoms. The summed E-state index contributed by atoms with van der Waals surface area (Å²) in [5.41, 5.74) is 4.66. The van der Waals surface area contributed by atoms with Gasteiger partial charge in [-0.2, -0.15) is 0 Å². The molecule has 1 aromatic carbocycles. The predicted molar refractivity (Wildman–Crippen MR) is 88.2 cm³/mol. The van der Waals surface area contributed by atoms with Gasteiger partial charge in [0.25, 0.3) is 0 Å². The third-order valence-corrected chi connectivity index (χ3v) is 7.11. The van der Waals surface area contributed by atoms with Crippen LogP contribution in [0.2, 0.25) is 19.6 Å². The Morgan fingerprint density at radius 2 is 1.80 bits per heavy atom. The third-order valence-electron chi connectivity index (χ3n) is 4.98. The molecule has 0 bridgehead atoms. The maximum absolute atomic E-state index is 5.72. The van der Waals surface area contributed by atoms with Crippen LogP contribution in [0.3, 0.4) is 0 Å². The lowest BCUT2D eigenvalue weighted by Crippen LogP contribution is -2.43. The van der Waals surface area contributed by atoms with Crippen LogP contribution in [0.5, 0.6) is 0 Å². The van der Waals surface area contributed by atoms with Crippen molar-refractivity contribution in [2.45, 2.75) is 71.4 Å². The topological polar surface area (TPSA) is 9.23 Å². The highest BCUT2D eigenvalue weighted by molar-refractivity contribution is 6.89. The zero-order chi connectivity index (χ0) is 14.2. The minimum absolute atomic E-state index is 0.830. The Hall–Kier alpha value is -0.603. The van der Waals surface area contributed by atoms with Gasteiger partial charge in [-0.15, -0.1) is 0 Å². The molecule has 0 spiro atoms. The first-order valence-electron chi connectivity index (χ1n) is 8.27. The summed E-state index contributed by atoms with van der Waals surface area (Å²) in [6, 6.07) is 4.76. The van der Waals surface area contributed by atoms with E-state index in [0.717, 1.165) is 19.1 Å². The molecule has 1 aromatic rings. The van der Waals surface area contributed by atoms with Crippen LogP contribution in [0.4, 0.5) is 0 Å². The lowest BCUT2D eigenvalue weighted by Gasteiger charge is -2.28. The Kier molecular flexibility index (Phi) is 4.05. The van der Waals surface area contributed by atoms with Gasteiger partial charge in [-0.05, 0) is 29.0 Å². The average Bonchev–Trinajstić information content (AvgIpc) is 2.86. The Morgan fingerprint density at radius 3 is 2.50 bits per heavy atom. The average molecular weight is 289 g/mol. The van der Waals surface area contributed by atoms with Gasteiger partial charge in [0.15, 0.2) is 0 Å². The van der Waals surface area contributed by atoms with E-state index in [0.29, 0.717) is 0 Å². The third kappa shape index (κ3) is 2.87. The molecule has 1 nitrogen and oxygen atoms in total. The standard InChI is InChI=1S/C18H28OSi/c1-20(2,3)18-15(11-14-7-5-4-6-8-14)9-10-16-12-19-13-17(16)18/h9-10,14H,4-8,11-13H2,1-3H3. The van der Waals surface area contributed by atoms with Crippen LogP contribution in [0.25, 0.3) is 0 Å². The van der Waals surface area contributed by atoms with Crippen LogP contribution in [-0.2, 0) is 24.4 Å². The first-order chi connectivity index (χ1) is 9.55. The Morgan fingerprint density at radius 1 is 1.05 bits per heavy atom. The molecule has 0 aromatic heterocycles. The maximum atomic E-state index is 5.72. The minimum atomic E-state index is -1.30. The molecule has 0 atom stereocenters. The number of benzene rings is 1. The molecule has 1 heterocycles. The van der Waals surface area contributed by atoms with E-state index in [1.165, 1.54) is 44.1 Å². The van der Waals surface area contributed by atoms with Crippen molar-refractivity contribution in [3.05, 3.63) is 28.8 Å². The largest absolute Gasteiger partial charge is 0.372 e. The van der Waals surface area contributed by atoms with E-state index in [2.05, 4.69) is 31.8 Å². The summed E-state index contributed by atoms with van der Waals surface area (Å²) in [5.74, 6) is 0.930. The summed E-state index contributed by atoms with van der Waals surface area (Å²) < 4.78 is 5.72. The lowest BCUT2D eigenvalue weighted by molar-refractivity contribution is 0.134. The van der Waals surface area contributed by atoms with Crippen molar-refractivity contribution in [1.82, 2.24) is 0 Å². The van der Waals surface area contributed by atoms with Crippen LogP contribution in [0.15, 0.2) is 12.1 Å². The van der Waals surface area contributed by atoms with Crippen molar-refractivity contribution in [3.8, 4) is 0 Å². The van der Waals surface area contributed by atoms with Gasteiger partial charge < -0.3 is 4.74 Å². The number of hydrogen-bond donors (Lipinski definition) is 0. The van der Waals surface area contributed by atoms with Gasteiger partial charge in [0.1, 0.15) is 0 Å². The predicted octanol–water partition coefficient (Wildman–Crippen LogP) is 4.38. The summed E-state index contributed by atoms with van der Waals surface area (Å²) in [6.07, 6.45) is 8.54. The van der Waals surface area contributed by atoms with E-state index in [-0.39, 0.29) is 0 Å². The molecule has 1 fully saturated rings. The normalized spacial score (nSPS) is 20.1. The fraction of sp³-hybridized carbons (Fsp3) is 0.667. The van der Waals surface area contributed by atoms with Gasteiger partial charge >= 0.3 is 0 Å². The van der Waals surface area contributed by atoms with Crippen molar-refractivity contribution in [2.75, 3.05) is 0 Å². The molecule has 1 aliphatic heterocycles. The van der Waals surface area contributed by atoms with Gasteiger partial charge in [-0.25, -0.2) is 0 Å². The molecule has 0 radical (unpaired) electrons. The van der Waals surface area contributed by atoms with Gasteiger partial charge in [0.2, 0.25) is 0 Å². The van der Waals surface area contributed by atoms with Crippen LogP contribution in [-0.4, -0.2) is 8.07 Å². The molecule has 1 saturated carbocycles. The first-order valence-corrected chi connectivity index (χ1v) is 11.8. The highest BCUT2D eigenvalue weighted by Crippen LogP contribution is 2.29. The molecule has 3 rings (SSSR count). The van der Waals surface area contributed by atoms with E-state index in [1.807, 2.05) is 0 Å². The van der Waals surface area contributed by atoms with E-state index in [4.69, 9.17) is 4.74 Å². The second-order valence-electron chi connectivity index (χ2n) is 7.69. The lowest BCUT2D eigenvalue weighted by atomic mass is 9.84. The van der Waals surface area contributed by atoms with Crippen LogP contribution < -0.4 is 5.19 Å². The van der Waals surface area contributed by atoms with Crippen molar-refractivity contribution < 1.29 is 4.74 Å². The fourth-order valence-corrected chi connectivity index (χ4v) is 6.40. The summed E-state index contributed by atoms with van der Waals surface area (Å²) in [6.45, 7) is 9.16. The fourth-order valence-electron chi connectivity index (χ4n) is 4.11. The van der Waals surface area contributed by atoms with Crippen molar-refractivity contribution in [3.63, 3.8) is 0 Å². The molecular formula is C18H28OSi. The molecule has 0 saturated heterocycles. The highest BCUT2D eigenvalue weighted by Gasteiger charge is 2.28. The first kappa shape index (κ1) is 14.3. The van der Waals surface area contributed by atoms with Crippen molar-refractivity contribution in [2.24, 2.45) is 5.92 Å². The van der Waals surface area contributed by atoms with E-state index >= 15 is 0 Å². The Balaban J connectivity index is 1.93. The SMILES string of the molecule is C[Si](C)(C)c1c(CC2CCCCC2)ccc2c1COC2. The van der Waals surface area contributed by atoms with Gasteiger partial charge in [0.05, 0.1) is 21.3 Å². The number of hydrogen-bond acceptors (Lipinski definition) is 1. The van der Waals surface area contributed by atoms with Crippen molar-refractivity contribution in [1.29, 1.82) is 0 Å². The van der Waals surface area contributed by atoms with Crippen molar-refractivity contribution >= 4 is 13.3 Å². The Labute approximate surface area is 124 Å². The smallest absolute Gasteiger partial charge is 0.0784 e. The second kappa shape index (κ2) is 5.65. The molecule has 2 aliphatic rings. The van der Waals surface area contributed by atoms with Gasteiger partial charge in [-0.1, -0.05) is 69.1 Å². The van der Waals surface area contributed by atoms with E-state index < -0.39 is 8.07 Å². The van der Waals surface area contributed by atoms with Crippen LogP contribution >= 0.6 is 0 Å². The quantitative estimate of drug-likeness (QED) is 0.750. The molecule has 0 unspecified atom stereocenters. The Bertz CT molecular complexity index is 481. The zero-order valence-electron chi connectivity index (χ0n) is 13.3. The number of fused-ring (bicyclic) bond motifs is 1. The van der Waals surface area contributed by atoms with Gasteiger partial charge in [0, 0.05) is 0 Å². The van der Waals surface area contributed by atoms with Crippen LogP contribution in [0, 0.1) is 5.92 Å². The van der Waals surface area contributed by atoms with Gasteiger partial charge in [-0.3, -0.25) is 0 Å². The molecule has 0 N–H and O–H groups in total. The molecule has 2 heteroatoms. The summed E-state index contributed by atoms with van der Waals surface area (Å²) >= 11 is 0. The second-order valence-corrected chi connectivity index (χ2v) is 12.7. The number of rotatable bonds is 3. The molecule has 0 amide bonds. The minimum Gasteiger partial charge on any atom is -0.372 e. The molecule has 110 valence electrons. The monoisotopic (exact) mass is 288 g/mol. The van der Waals surface area contributed by atoms with E-state index in [1.54, 1.807) is 16.3 Å².